The van der Waals surface area contributed by atoms with E-state index in [0.29, 0.717) is 5.56 Å². The average molecular weight is 296 g/mol. The Morgan fingerprint density at radius 3 is 2.57 bits per heavy atom. The number of hydrogen-bond donors (Lipinski definition) is 1. The Hall–Kier alpha value is -2.37. The minimum absolute atomic E-state index is 0.00517. The van der Waals surface area contributed by atoms with E-state index in [9.17, 15) is 14.0 Å². The van der Waals surface area contributed by atoms with Gasteiger partial charge in [0.25, 0.3) is 0 Å². The van der Waals surface area contributed by atoms with Crippen molar-refractivity contribution in [3.63, 3.8) is 0 Å². The average Bonchev–Trinajstić information content (AvgIpc) is 2.41. The van der Waals surface area contributed by atoms with Crippen LogP contribution in [0.5, 0.6) is 5.75 Å². The van der Waals surface area contributed by atoms with E-state index in [1.54, 1.807) is 13.8 Å². The highest BCUT2D eigenvalue weighted by molar-refractivity contribution is 5.85. The summed E-state index contributed by atoms with van der Waals surface area (Å²) in [6, 6.07) is 3.82. The van der Waals surface area contributed by atoms with E-state index in [2.05, 4.69) is 4.74 Å². The van der Waals surface area contributed by atoms with Gasteiger partial charge in [-0.1, -0.05) is 0 Å². The highest BCUT2D eigenvalue weighted by Crippen LogP contribution is 2.22. The third-order valence-electron chi connectivity index (χ3n) is 2.65. The lowest BCUT2D eigenvalue weighted by Crippen LogP contribution is -2.32. The van der Waals surface area contributed by atoms with Gasteiger partial charge in [-0.15, -0.1) is 0 Å². The third kappa shape index (κ3) is 5.25. The van der Waals surface area contributed by atoms with Crippen molar-refractivity contribution in [1.29, 1.82) is 0 Å². The molecule has 5 nitrogen and oxygen atoms in total. The van der Waals surface area contributed by atoms with E-state index in [1.165, 1.54) is 25.3 Å². The van der Waals surface area contributed by atoms with Crippen LogP contribution in [0.15, 0.2) is 24.3 Å². The van der Waals surface area contributed by atoms with Crippen LogP contribution in [-0.4, -0.2) is 30.8 Å². The Bertz CT molecular complexity index is 563. The second-order valence-corrected chi connectivity index (χ2v) is 5.06. The number of carbonyl (C=O) groups is 2. The summed E-state index contributed by atoms with van der Waals surface area (Å²) in [6.07, 6.45) is 2.15. The van der Waals surface area contributed by atoms with E-state index < -0.39 is 23.2 Å². The lowest BCUT2D eigenvalue weighted by Gasteiger charge is -2.21. The Balaban J connectivity index is 2.85. The van der Waals surface area contributed by atoms with E-state index in [0.717, 1.165) is 12.1 Å². The molecule has 1 aromatic rings. The molecule has 0 aliphatic heterocycles. The minimum Gasteiger partial charge on any atom is -0.492 e. The van der Waals surface area contributed by atoms with Crippen LogP contribution in [0.25, 0.3) is 6.08 Å². The van der Waals surface area contributed by atoms with Crippen molar-refractivity contribution < 1.29 is 28.6 Å². The van der Waals surface area contributed by atoms with Crippen molar-refractivity contribution in [3.8, 4) is 5.75 Å². The molecule has 0 heterocycles. The SMILES string of the molecule is COC(=O)C(C)(C)COc1cc(F)cc(/C=C/C(=O)O)c1. The predicted octanol–water partition coefficient (Wildman–Crippen LogP) is 2.50. The fourth-order valence-electron chi connectivity index (χ4n) is 1.53. The van der Waals surface area contributed by atoms with Gasteiger partial charge in [0, 0.05) is 12.1 Å². The van der Waals surface area contributed by atoms with Gasteiger partial charge in [-0.2, -0.15) is 0 Å². The van der Waals surface area contributed by atoms with E-state index in [-0.39, 0.29) is 12.4 Å². The first-order chi connectivity index (χ1) is 9.74. The minimum atomic E-state index is -1.13. The molecule has 0 spiro atoms. The van der Waals surface area contributed by atoms with Crippen LogP contribution < -0.4 is 4.74 Å². The molecule has 114 valence electrons. The summed E-state index contributed by atoms with van der Waals surface area (Å²) in [5, 5.41) is 8.55. The van der Waals surface area contributed by atoms with Crippen molar-refractivity contribution >= 4 is 18.0 Å². The van der Waals surface area contributed by atoms with Crippen LogP contribution in [-0.2, 0) is 14.3 Å². The van der Waals surface area contributed by atoms with Crippen LogP contribution in [0.3, 0.4) is 0 Å². The monoisotopic (exact) mass is 296 g/mol. The molecule has 0 radical (unpaired) electrons. The number of benzene rings is 1. The second kappa shape index (κ2) is 6.88. The second-order valence-electron chi connectivity index (χ2n) is 5.06. The topological polar surface area (TPSA) is 72.8 Å². The third-order valence-corrected chi connectivity index (χ3v) is 2.65. The molecule has 0 aliphatic rings. The summed E-state index contributed by atoms with van der Waals surface area (Å²) >= 11 is 0. The largest absolute Gasteiger partial charge is 0.492 e. The number of hydrogen-bond acceptors (Lipinski definition) is 4. The Kier molecular flexibility index (Phi) is 5.46. The van der Waals surface area contributed by atoms with E-state index in [1.807, 2.05) is 0 Å². The molecule has 0 unspecified atom stereocenters. The van der Waals surface area contributed by atoms with Gasteiger partial charge < -0.3 is 14.6 Å². The van der Waals surface area contributed by atoms with Crippen LogP contribution in [0, 0.1) is 11.2 Å². The van der Waals surface area contributed by atoms with Crippen LogP contribution in [0.1, 0.15) is 19.4 Å². The molecule has 1 rings (SSSR count). The van der Waals surface area contributed by atoms with Crippen molar-refractivity contribution in [1.82, 2.24) is 0 Å². The molecule has 0 atom stereocenters. The quantitative estimate of drug-likeness (QED) is 0.645. The molecule has 1 N–H and O–H groups in total. The highest BCUT2D eigenvalue weighted by Gasteiger charge is 2.29. The number of carbonyl (C=O) groups excluding carboxylic acids is 1. The van der Waals surface area contributed by atoms with E-state index in [4.69, 9.17) is 9.84 Å². The molecule has 0 amide bonds. The van der Waals surface area contributed by atoms with Gasteiger partial charge in [0.2, 0.25) is 0 Å². The summed E-state index contributed by atoms with van der Waals surface area (Å²) in [7, 11) is 1.28. The van der Waals surface area contributed by atoms with Crippen molar-refractivity contribution in [3.05, 3.63) is 35.7 Å². The first kappa shape index (κ1) is 16.7. The fraction of sp³-hybridized carbons (Fsp3) is 0.333. The van der Waals surface area contributed by atoms with Crippen LogP contribution >= 0.6 is 0 Å². The summed E-state index contributed by atoms with van der Waals surface area (Å²) in [5.74, 6) is -1.93. The summed E-state index contributed by atoms with van der Waals surface area (Å²) < 4.78 is 23.5. The highest BCUT2D eigenvalue weighted by atomic mass is 19.1. The lowest BCUT2D eigenvalue weighted by atomic mass is 9.95. The van der Waals surface area contributed by atoms with Gasteiger partial charge in [0.1, 0.15) is 18.2 Å². The zero-order valence-corrected chi connectivity index (χ0v) is 12.1. The van der Waals surface area contributed by atoms with Crippen molar-refractivity contribution in [2.75, 3.05) is 13.7 Å². The first-order valence-electron chi connectivity index (χ1n) is 6.17. The molecular weight excluding hydrogens is 279 g/mol. The molecule has 0 bridgehead atoms. The molecule has 0 saturated heterocycles. The molecule has 21 heavy (non-hydrogen) atoms. The number of methoxy groups -OCH3 is 1. The zero-order chi connectivity index (χ0) is 16.0. The molecule has 0 saturated carbocycles. The maximum absolute atomic E-state index is 13.4. The molecule has 0 aromatic heterocycles. The van der Waals surface area contributed by atoms with Gasteiger partial charge in [-0.3, -0.25) is 4.79 Å². The van der Waals surface area contributed by atoms with E-state index >= 15 is 0 Å². The maximum atomic E-state index is 13.4. The zero-order valence-electron chi connectivity index (χ0n) is 12.1. The molecular formula is C15H17FO5. The number of esters is 1. The molecule has 0 fully saturated rings. The Morgan fingerprint density at radius 2 is 2.00 bits per heavy atom. The number of carboxylic acids is 1. The predicted molar refractivity (Wildman–Crippen MR) is 74.4 cm³/mol. The van der Waals surface area contributed by atoms with Crippen molar-refractivity contribution in [2.45, 2.75) is 13.8 Å². The van der Waals surface area contributed by atoms with Gasteiger partial charge in [0.05, 0.1) is 12.5 Å². The maximum Gasteiger partial charge on any atom is 0.328 e. The molecule has 6 heteroatoms. The number of rotatable bonds is 6. The van der Waals surface area contributed by atoms with Gasteiger partial charge in [-0.25, -0.2) is 9.18 Å². The lowest BCUT2D eigenvalue weighted by molar-refractivity contribution is -0.152. The standard InChI is InChI=1S/C15H17FO5/c1-15(2,14(19)20-3)9-21-12-7-10(4-5-13(17)18)6-11(16)8-12/h4-8H,9H2,1-3H3,(H,17,18)/b5-4+. The Labute approximate surface area is 122 Å². The molecule has 0 aliphatic carbocycles. The summed E-state index contributed by atoms with van der Waals surface area (Å²) in [4.78, 5) is 22.0. The number of carboxylic acid groups (broad SMARTS) is 1. The van der Waals surface area contributed by atoms with Gasteiger partial charge >= 0.3 is 11.9 Å². The molecule has 1 aromatic carbocycles. The van der Waals surface area contributed by atoms with Crippen molar-refractivity contribution in [2.24, 2.45) is 5.41 Å². The number of aliphatic carboxylic acids is 1. The van der Waals surface area contributed by atoms with Gasteiger partial charge in [0.15, 0.2) is 0 Å². The van der Waals surface area contributed by atoms with Crippen LogP contribution in [0.2, 0.25) is 0 Å². The first-order valence-corrected chi connectivity index (χ1v) is 6.17. The summed E-state index contributed by atoms with van der Waals surface area (Å²) in [6.45, 7) is 3.29. The fourth-order valence-corrected chi connectivity index (χ4v) is 1.53. The normalized spacial score (nSPS) is 11.4. The number of halogens is 1. The Morgan fingerprint density at radius 1 is 1.33 bits per heavy atom. The van der Waals surface area contributed by atoms with Crippen LogP contribution in [0.4, 0.5) is 4.39 Å². The summed E-state index contributed by atoms with van der Waals surface area (Å²) in [5.41, 5.74) is -0.527. The van der Waals surface area contributed by atoms with Gasteiger partial charge in [-0.05, 0) is 37.6 Å². The number of ether oxygens (including phenoxy) is 2. The smallest absolute Gasteiger partial charge is 0.328 e.